The lowest BCUT2D eigenvalue weighted by Crippen LogP contribution is -2.30. The van der Waals surface area contributed by atoms with Crippen molar-refractivity contribution < 1.29 is 13.6 Å². The summed E-state index contributed by atoms with van der Waals surface area (Å²) in [6.07, 6.45) is 1.62. The molecular formula is C18H24F2N3OPS2. The van der Waals surface area contributed by atoms with Gasteiger partial charge >= 0.3 is 6.03 Å². The number of carbonyl (C=O) groups is 1. The number of hydrogen-bond donors (Lipinski definition) is 3. The Hall–Kier alpha value is -1.08. The summed E-state index contributed by atoms with van der Waals surface area (Å²) < 4.78 is 28.1. The number of urea groups is 1. The molecule has 27 heavy (non-hydrogen) atoms. The van der Waals surface area contributed by atoms with Crippen molar-refractivity contribution in [1.29, 1.82) is 0 Å². The summed E-state index contributed by atoms with van der Waals surface area (Å²) in [5.74, 6) is 0. The molecule has 2 aromatic heterocycles. The summed E-state index contributed by atoms with van der Waals surface area (Å²) >= 11 is 2.68. The van der Waals surface area contributed by atoms with E-state index in [1.807, 2.05) is 13.8 Å². The maximum absolute atomic E-state index is 14.0. The first kappa shape index (κ1) is 20.6. The molecule has 0 saturated heterocycles. The lowest BCUT2D eigenvalue weighted by Gasteiger charge is -2.16. The van der Waals surface area contributed by atoms with Crippen molar-refractivity contribution in [1.82, 2.24) is 10.6 Å². The number of rotatable bonds is 5. The molecule has 148 valence electrons. The quantitative estimate of drug-likeness (QED) is 0.591. The Morgan fingerprint density at radius 1 is 1.30 bits per heavy atom. The lowest BCUT2D eigenvalue weighted by molar-refractivity contribution is 0.107. The van der Waals surface area contributed by atoms with Gasteiger partial charge in [-0.15, -0.1) is 22.7 Å². The topological polar surface area (TPSA) is 53.2 Å². The Labute approximate surface area is 168 Å². The highest BCUT2D eigenvalue weighted by molar-refractivity contribution is 7.21. The minimum absolute atomic E-state index is 0.0258. The predicted octanol–water partition coefficient (Wildman–Crippen LogP) is 4.88. The fourth-order valence-electron chi connectivity index (χ4n) is 3.50. The third-order valence-corrected chi connectivity index (χ3v) is 7.84. The van der Waals surface area contributed by atoms with Crippen LogP contribution in [-0.4, -0.2) is 12.6 Å². The van der Waals surface area contributed by atoms with Gasteiger partial charge in [0.05, 0.1) is 9.88 Å². The molecule has 1 atom stereocenters. The molecule has 0 radical (unpaired) electrons. The van der Waals surface area contributed by atoms with E-state index in [0.717, 1.165) is 45.3 Å². The summed E-state index contributed by atoms with van der Waals surface area (Å²) in [6.45, 7) is 7.59. The second-order valence-corrected chi connectivity index (χ2v) is 9.67. The number of thiophene rings is 2. The number of carbonyl (C=O) groups excluding carboxylic acids is 1. The number of aryl methyl sites for hydroxylation is 1. The van der Waals surface area contributed by atoms with Gasteiger partial charge in [-0.25, -0.2) is 4.79 Å². The molecule has 9 heteroatoms. The van der Waals surface area contributed by atoms with E-state index in [1.54, 1.807) is 20.6 Å². The van der Waals surface area contributed by atoms with Gasteiger partial charge in [0.2, 0.25) is 0 Å². The van der Waals surface area contributed by atoms with Crippen molar-refractivity contribution in [3.8, 4) is 0 Å². The van der Waals surface area contributed by atoms with Crippen LogP contribution in [0.3, 0.4) is 0 Å². The number of halogens is 2. The Morgan fingerprint density at radius 2 is 2.04 bits per heavy atom. The Bertz CT molecular complexity index is 858. The summed E-state index contributed by atoms with van der Waals surface area (Å²) in [6, 6.07) is -0.367. The third kappa shape index (κ3) is 4.34. The van der Waals surface area contributed by atoms with Crippen molar-refractivity contribution in [2.75, 3.05) is 11.9 Å². The molecule has 0 aromatic carbocycles. The van der Waals surface area contributed by atoms with E-state index in [0.29, 0.717) is 18.5 Å². The second kappa shape index (κ2) is 8.11. The Morgan fingerprint density at radius 3 is 2.67 bits per heavy atom. The van der Waals surface area contributed by atoms with Crippen LogP contribution in [0.2, 0.25) is 0 Å². The van der Waals surface area contributed by atoms with Gasteiger partial charge in [-0.1, -0.05) is 16.2 Å². The fraction of sp³-hybridized carbons (Fsp3) is 0.500. The zero-order valence-corrected chi connectivity index (χ0v) is 18.4. The number of anilines is 1. The van der Waals surface area contributed by atoms with Crippen LogP contribution < -0.4 is 16.0 Å². The monoisotopic (exact) mass is 431 g/mol. The van der Waals surface area contributed by atoms with Crippen molar-refractivity contribution in [3.63, 3.8) is 0 Å². The highest BCUT2D eigenvalue weighted by Gasteiger charge is 2.34. The second-order valence-electron chi connectivity index (χ2n) is 6.61. The van der Waals surface area contributed by atoms with Crippen LogP contribution in [-0.2, 0) is 31.6 Å². The lowest BCUT2D eigenvalue weighted by atomic mass is 10.0. The predicted molar refractivity (Wildman–Crippen MR) is 112 cm³/mol. The van der Waals surface area contributed by atoms with Gasteiger partial charge in [-0.05, 0) is 55.5 Å². The molecule has 1 aliphatic rings. The Balaban J connectivity index is 1.75. The minimum Gasteiger partial charge on any atom is -0.334 e. The number of alkyl halides is 2. The van der Waals surface area contributed by atoms with E-state index in [1.165, 1.54) is 10.4 Å². The number of amides is 2. The van der Waals surface area contributed by atoms with Gasteiger partial charge in [-0.2, -0.15) is 8.78 Å². The highest BCUT2D eigenvalue weighted by Crippen LogP contribution is 2.44. The number of fused-ring (bicyclic) bond motifs is 1. The molecule has 0 aliphatic carbocycles. The molecule has 0 spiro atoms. The van der Waals surface area contributed by atoms with Crippen LogP contribution in [0, 0.1) is 13.8 Å². The first-order valence-electron chi connectivity index (χ1n) is 8.87. The van der Waals surface area contributed by atoms with E-state index >= 15 is 0 Å². The van der Waals surface area contributed by atoms with Crippen LogP contribution in [0.1, 0.15) is 43.8 Å². The molecule has 2 amide bonds. The standard InChI is InChI=1S/C18H24F2N3OPS2/c1-4-11-9(2)16(26-10(11)3)23-17(24)22-7-13-12-5-6-21-8-14(12)27-15(13)18(19,20)25/h21H,4-8,25H2,1-3H3,(H2,22,23,24). The van der Waals surface area contributed by atoms with E-state index in [9.17, 15) is 13.6 Å². The maximum Gasteiger partial charge on any atom is 0.320 e. The summed E-state index contributed by atoms with van der Waals surface area (Å²) in [5.41, 5.74) is 0.839. The first-order chi connectivity index (χ1) is 12.7. The molecule has 0 fully saturated rings. The van der Waals surface area contributed by atoms with Crippen molar-refractivity contribution in [2.24, 2.45) is 0 Å². The zero-order chi connectivity index (χ0) is 19.8. The van der Waals surface area contributed by atoms with Gasteiger partial charge in [0.15, 0.2) is 0 Å². The molecule has 3 heterocycles. The van der Waals surface area contributed by atoms with Crippen LogP contribution in [0.15, 0.2) is 0 Å². The molecular weight excluding hydrogens is 407 g/mol. The first-order valence-corrected chi connectivity index (χ1v) is 11.1. The normalized spacial score (nSPS) is 14.1. The minimum atomic E-state index is -2.99. The molecule has 1 unspecified atom stereocenters. The fourth-order valence-corrected chi connectivity index (χ4v) is 6.22. The maximum atomic E-state index is 14.0. The summed E-state index contributed by atoms with van der Waals surface area (Å²) in [7, 11) is 1.62. The van der Waals surface area contributed by atoms with Crippen LogP contribution in [0.5, 0.6) is 0 Å². The van der Waals surface area contributed by atoms with Gasteiger partial charge < -0.3 is 10.6 Å². The molecule has 4 nitrogen and oxygen atoms in total. The largest absolute Gasteiger partial charge is 0.334 e. The van der Waals surface area contributed by atoms with Crippen LogP contribution in [0.25, 0.3) is 0 Å². The molecule has 0 saturated carbocycles. The smallest absolute Gasteiger partial charge is 0.320 e. The van der Waals surface area contributed by atoms with E-state index in [2.05, 4.69) is 22.9 Å². The number of nitrogens with one attached hydrogen (secondary N) is 3. The molecule has 3 rings (SSSR count). The van der Waals surface area contributed by atoms with E-state index in [4.69, 9.17) is 0 Å². The molecule has 0 bridgehead atoms. The summed E-state index contributed by atoms with van der Waals surface area (Å²) in [4.78, 5) is 14.5. The third-order valence-electron chi connectivity index (χ3n) is 4.82. The van der Waals surface area contributed by atoms with Crippen molar-refractivity contribution in [2.45, 2.75) is 52.4 Å². The zero-order valence-electron chi connectivity index (χ0n) is 15.6. The highest BCUT2D eigenvalue weighted by atomic mass is 32.1. The van der Waals surface area contributed by atoms with Crippen molar-refractivity contribution >= 4 is 42.9 Å². The van der Waals surface area contributed by atoms with Gasteiger partial charge in [-0.3, -0.25) is 5.32 Å². The Kier molecular flexibility index (Phi) is 6.21. The number of hydrogen-bond acceptors (Lipinski definition) is 4. The van der Waals surface area contributed by atoms with Crippen LogP contribution >= 0.6 is 31.9 Å². The van der Waals surface area contributed by atoms with Crippen LogP contribution in [0.4, 0.5) is 18.6 Å². The molecule has 1 aliphatic heterocycles. The molecule has 2 aromatic rings. The van der Waals surface area contributed by atoms with E-state index < -0.39 is 5.66 Å². The molecule has 3 N–H and O–H groups in total. The SMILES string of the molecule is CCc1c(C)sc(NC(=O)NCc2c(C(F)(F)P)sc3c2CCNC3)c1C. The van der Waals surface area contributed by atoms with Gasteiger partial charge in [0.1, 0.15) is 0 Å². The van der Waals surface area contributed by atoms with E-state index in [-0.39, 0.29) is 17.5 Å². The van der Waals surface area contributed by atoms with Gasteiger partial charge in [0, 0.05) is 22.8 Å². The average molecular weight is 432 g/mol. The van der Waals surface area contributed by atoms with Gasteiger partial charge in [0.25, 0.3) is 5.66 Å². The summed E-state index contributed by atoms with van der Waals surface area (Å²) in [5, 5.41) is 9.67. The van der Waals surface area contributed by atoms with Crippen molar-refractivity contribution in [3.05, 3.63) is 36.9 Å². The average Bonchev–Trinajstić information content (AvgIpc) is 3.10.